The van der Waals surface area contributed by atoms with E-state index in [1.54, 1.807) is 14.0 Å². The van der Waals surface area contributed by atoms with Gasteiger partial charge in [0.1, 0.15) is 12.3 Å². The lowest BCUT2D eigenvalue weighted by Gasteiger charge is -2.06. The van der Waals surface area contributed by atoms with Crippen LogP contribution in [0.1, 0.15) is 16.2 Å². The molecule has 8 heteroatoms. The van der Waals surface area contributed by atoms with E-state index in [-0.39, 0.29) is 25.7 Å². The summed E-state index contributed by atoms with van der Waals surface area (Å²) in [7, 11) is 1.64. The summed E-state index contributed by atoms with van der Waals surface area (Å²) in [5.74, 6) is -0.883. The van der Waals surface area contributed by atoms with Gasteiger partial charge in [-0.05, 0) is 6.92 Å². The van der Waals surface area contributed by atoms with Gasteiger partial charge in [0, 0.05) is 13.6 Å². The highest BCUT2D eigenvalue weighted by Crippen LogP contribution is 2.14. The number of hydrogen-bond acceptors (Lipinski definition) is 5. The van der Waals surface area contributed by atoms with Crippen molar-refractivity contribution in [1.82, 2.24) is 15.1 Å². The molecule has 2 amide bonds. The highest BCUT2D eigenvalue weighted by Gasteiger charge is 2.17. The Morgan fingerprint density at radius 3 is 2.67 bits per heavy atom. The van der Waals surface area contributed by atoms with Gasteiger partial charge in [-0.1, -0.05) is 0 Å². The van der Waals surface area contributed by atoms with Crippen LogP contribution in [-0.4, -0.2) is 41.4 Å². The Bertz CT molecular complexity index is 455. The summed E-state index contributed by atoms with van der Waals surface area (Å²) >= 11 is 0. The van der Waals surface area contributed by atoms with Gasteiger partial charge in [0.05, 0.1) is 18.0 Å². The van der Waals surface area contributed by atoms with Gasteiger partial charge in [0.25, 0.3) is 5.91 Å². The smallest absolute Gasteiger partial charge is 0.271 e. The molecule has 1 aromatic heterocycles. The molecule has 0 unspecified atom stereocenters. The van der Waals surface area contributed by atoms with Gasteiger partial charge in [-0.3, -0.25) is 14.3 Å². The van der Waals surface area contributed by atoms with Crippen LogP contribution in [0.15, 0.2) is 0 Å². The Morgan fingerprint density at radius 2 is 2.17 bits per heavy atom. The van der Waals surface area contributed by atoms with E-state index in [1.807, 2.05) is 0 Å². The van der Waals surface area contributed by atoms with Crippen LogP contribution in [0, 0.1) is 6.92 Å². The molecule has 0 aliphatic carbocycles. The fourth-order valence-electron chi connectivity index (χ4n) is 1.44. The molecule has 0 atom stereocenters. The second-order valence-electron chi connectivity index (χ2n) is 3.75. The number of nitrogen functional groups attached to an aromatic ring is 1. The summed E-state index contributed by atoms with van der Waals surface area (Å²) in [5.41, 5.74) is 11.9. The number of nitrogens with zero attached hydrogens (tertiary/aromatic N) is 2. The van der Waals surface area contributed by atoms with Gasteiger partial charge in [0.2, 0.25) is 5.91 Å². The summed E-state index contributed by atoms with van der Waals surface area (Å²) in [6.07, 6.45) is 0. The van der Waals surface area contributed by atoms with E-state index in [0.29, 0.717) is 17.1 Å². The molecule has 0 bridgehead atoms. The van der Waals surface area contributed by atoms with Crippen molar-refractivity contribution in [3.8, 4) is 0 Å². The van der Waals surface area contributed by atoms with Gasteiger partial charge in [-0.15, -0.1) is 0 Å². The molecule has 5 N–H and O–H groups in total. The molecule has 18 heavy (non-hydrogen) atoms. The average Bonchev–Trinajstić information content (AvgIpc) is 2.52. The van der Waals surface area contributed by atoms with Crippen molar-refractivity contribution >= 4 is 17.5 Å². The lowest BCUT2D eigenvalue weighted by atomic mass is 10.3. The van der Waals surface area contributed by atoms with Crippen LogP contribution >= 0.6 is 0 Å². The van der Waals surface area contributed by atoms with Crippen LogP contribution in [0.25, 0.3) is 0 Å². The number of ether oxygens (including phenoxy) is 1. The Hall–Kier alpha value is -2.09. The monoisotopic (exact) mass is 255 g/mol. The van der Waals surface area contributed by atoms with Crippen molar-refractivity contribution in [3.05, 3.63) is 11.4 Å². The Labute approximate surface area is 104 Å². The minimum Gasteiger partial charge on any atom is -0.395 e. The minimum atomic E-state index is -0.548. The molecule has 1 aromatic rings. The highest BCUT2D eigenvalue weighted by molar-refractivity contribution is 5.97. The molecule has 0 saturated carbocycles. The van der Waals surface area contributed by atoms with Gasteiger partial charge < -0.3 is 21.5 Å². The molecule has 1 rings (SSSR count). The Morgan fingerprint density at radius 1 is 1.50 bits per heavy atom. The van der Waals surface area contributed by atoms with Crippen molar-refractivity contribution in [2.75, 3.05) is 25.5 Å². The predicted molar refractivity (Wildman–Crippen MR) is 64.7 cm³/mol. The van der Waals surface area contributed by atoms with E-state index >= 15 is 0 Å². The average molecular weight is 255 g/mol. The molecule has 0 spiro atoms. The molecular weight excluding hydrogens is 238 g/mol. The zero-order valence-corrected chi connectivity index (χ0v) is 10.4. The number of aromatic nitrogens is 2. The maximum Gasteiger partial charge on any atom is 0.271 e. The Balaban J connectivity index is 2.44. The molecular formula is C10H17N5O3. The summed E-state index contributed by atoms with van der Waals surface area (Å²) in [4.78, 5) is 22.2. The number of nitrogens with two attached hydrogens (primary N) is 2. The molecule has 0 fully saturated rings. The zero-order chi connectivity index (χ0) is 13.7. The van der Waals surface area contributed by atoms with Crippen LogP contribution < -0.4 is 16.8 Å². The van der Waals surface area contributed by atoms with Gasteiger partial charge in [-0.2, -0.15) is 5.10 Å². The number of nitrogens with one attached hydrogen (secondary N) is 1. The van der Waals surface area contributed by atoms with E-state index in [0.717, 1.165) is 0 Å². The number of carbonyl (C=O) groups is 2. The van der Waals surface area contributed by atoms with Crippen molar-refractivity contribution in [2.24, 2.45) is 12.8 Å². The molecule has 100 valence electrons. The minimum absolute atomic E-state index is 0.164. The SMILES string of the molecule is Cc1nn(C)c(C(=O)NCCOCC(N)=O)c1N. The molecule has 8 nitrogen and oxygen atoms in total. The van der Waals surface area contributed by atoms with Crippen LogP contribution in [0.3, 0.4) is 0 Å². The van der Waals surface area contributed by atoms with Crippen molar-refractivity contribution in [2.45, 2.75) is 6.92 Å². The molecule has 0 radical (unpaired) electrons. The second kappa shape index (κ2) is 6.01. The van der Waals surface area contributed by atoms with Gasteiger partial charge in [0.15, 0.2) is 0 Å². The largest absolute Gasteiger partial charge is 0.395 e. The van der Waals surface area contributed by atoms with Crippen molar-refractivity contribution in [1.29, 1.82) is 0 Å². The van der Waals surface area contributed by atoms with Gasteiger partial charge >= 0.3 is 0 Å². The summed E-state index contributed by atoms with van der Waals surface area (Å²) in [5, 5.41) is 6.65. The molecule has 0 aliphatic rings. The standard InChI is InChI=1S/C10H17N5O3/c1-6-8(12)9(15(2)14-6)10(17)13-3-4-18-5-7(11)16/h3-5,12H2,1-2H3,(H2,11,16)(H,13,17). The number of carbonyl (C=O) groups excluding carboxylic acids is 2. The second-order valence-corrected chi connectivity index (χ2v) is 3.75. The first kappa shape index (κ1) is 14.0. The van der Waals surface area contributed by atoms with E-state index in [9.17, 15) is 9.59 Å². The van der Waals surface area contributed by atoms with Crippen LogP contribution in [-0.2, 0) is 16.6 Å². The fourth-order valence-corrected chi connectivity index (χ4v) is 1.44. The lowest BCUT2D eigenvalue weighted by molar-refractivity contribution is -0.122. The van der Waals surface area contributed by atoms with Crippen LogP contribution in [0.2, 0.25) is 0 Å². The summed E-state index contributed by atoms with van der Waals surface area (Å²) < 4.78 is 6.32. The number of hydrogen-bond donors (Lipinski definition) is 3. The maximum atomic E-state index is 11.8. The lowest BCUT2D eigenvalue weighted by Crippen LogP contribution is -2.30. The third-order valence-corrected chi connectivity index (χ3v) is 2.26. The number of rotatable bonds is 6. The maximum absolute atomic E-state index is 11.8. The number of amides is 2. The third kappa shape index (κ3) is 3.45. The van der Waals surface area contributed by atoms with Crippen molar-refractivity contribution in [3.63, 3.8) is 0 Å². The van der Waals surface area contributed by atoms with Crippen LogP contribution in [0.4, 0.5) is 5.69 Å². The first-order chi connectivity index (χ1) is 8.43. The molecule has 0 saturated heterocycles. The number of primary amides is 1. The number of aryl methyl sites for hydroxylation is 2. The first-order valence-corrected chi connectivity index (χ1v) is 5.36. The predicted octanol–water partition coefficient (Wildman–Crippen LogP) is -1.46. The van der Waals surface area contributed by atoms with Crippen LogP contribution in [0.5, 0.6) is 0 Å². The Kier molecular flexibility index (Phi) is 4.67. The first-order valence-electron chi connectivity index (χ1n) is 5.36. The topological polar surface area (TPSA) is 125 Å². The quantitative estimate of drug-likeness (QED) is 0.536. The zero-order valence-electron chi connectivity index (χ0n) is 10.4. The van der Waals surface area contributed by atoms with E-state index < -0.39 is 5.91 Å². The van der Waals surface area contributed by atoms with Crippen molar-refractivity contribution < 1.29 is 14.3 Å². The van der Waals surface area contributed by atoms with E-state index in [2.05, 4.69) is 10.4 Å². The van der Waals surface area contributed by atoms with E-state index in [4.69, 9.17) is 16.2 Å². The highest BCUT2D eigenvalue weighted by atomic mass is 16.5. The molecule has 0 aromatic carbocycles. The third-order valence-electron chi connectivity index (χ3n) is 2.26. The molecule has 0 aliphatic heterocycles. The normalized spacial score (nSPS) is 10.3. The van der Waals surface area contributed by atoms with Gasteiger partial charge in [-0.25, -0.2) is 0 Å². The van der Waals surface area contributed by atoms with E-state index in [1.165, 1.54) is 4.68 Å². The number of anilines is 1. The molecule has 1 heterocycles. The summed E-state index contributed by atoms with van der Waals surface area (Å²) in [6.45, 7) is 2.02. The fraction of sp³-hybridized carbons (Fsp3) is 0.500. The summed E-state index contributed by atoms with van der Waals surface area (Å²) in [6, 6.07) is 0.